The second-order valence-electron chi connectivity index (χ2n) is 9.37. The molecule has 1 amide bonds. The minimum absolute atomic E-state index is 0.0491. The summed E-state index contributed by atoms with van der Waals surface area (Å²) in [5.41, 5.74) is 4.98. The highest BCUT2D eigenvalue weighted by Gasteiger charge is 2.25. The van der Waals surface area contributed by atoms with Gasteiger partial charge in [0.2, 0.25) is 0 Å². The number of aliphatic hydroxyl groups is 1. The molecular weight excluding hydrogens is 440 g/mol. The van der Waals surface area contributed by atoms with Gasteiger partial charge in [0.25, 0.3) is 5.91 Å². The fourth-order valence-corrected chi connectivity index (χ4v) is 3.92. The van der Waals surface area contributed by atoms with Gasteiger partial charge in [-0.1, -0.05) is 32.6 Å². The molecule has 0 saturated carbocycles. The minimum atomic E-state index is -0.456. The molecule has 2 aliphatic rings. The van der Waals surface area contributed by atoms with Crippen LogP contribution in [0.1, 0.15) is 60.5 Å². The van der Waals surface area contributed by atoms with E-state index in [1.165, 1.54) is 18.3 Å². The highest BCUT2D eigenvalue weighted by Crippen LogP contribution is 2.42. The number of nitriles is 1. The molecule has 4 rings (SSSR count). The fraction of sp³-hybridized carbons (Fsp3) is 0.214. The molecule has 35 heavy (non-hydrogen) atoms. The molecule has 7 nitrogen and oxygen atoms in total. The van der Waals surface area contributed by atoms with Gasteiger partial charge in [-0.2, -0.15) is 5.26 Å². The molecule has 7 heteroatoms. The molecule has 0 unspecified atom stereocenters. The van der Waals surface area contributed by atoms with Crippen molar-refractivity contribution in [2.24, 2.45) is 5.41 Å². The molecule has 0 radical (unpaired) electrons. The lowest BCUT2D eigenvalue weighted by atomic mass is 9.76. The van der Waals surface area contributed by atoms with E-state index in [-0.39, 0.29) is 28.5 Å². The van der Waals surface area contributed by atoms with Gasteiger partial charge in [0.1, 0.15) is 17.5 Å². The first-order valence-corrected chi connectivity index (χ1v) is 11.3. The number of amides is 1. The molecule has 0 fully saturated rings. The molecule has 1 aromatic heterocycles. The number of hydrogen-bond acceptors (Lipinski definition) is 5. The molecule has 0 saturated heterocycles. The van der Waals surface area contributed by atoms with Crippen molar-refractivity contribution >= 4 is 28.7 Å². The summed E-state index contributed by atoms with van der Waals surface area (Å²) in [7, 11) is 0. The molecule has 0 atom stereocenters. The zero-order chi connectivity index (χ0) is 25.2. The van der Waals surface area contributed by atoms with Crippen molar-refractivity contribution in [3.05, 3.63) is 95.1 Å². The summed E-state index contributed by atoms with van der Waals surface area (Å²) in [5.74, 6) is -0.503. The largest absolute Gasteiger partial charge is 0.507 e. The van der Waals surface area contributed by atoms with Crippen molar-refractivity contribution in [1.82, 2.24) is 9.97 Å². The average Bonchev–Trinajstić information content (AvgIpc) is 3.46. The summed E-state index contributed by atoms with van der Waals surface area (Å²) < 4.78 is 0. The lowest BCUT2D eigenvalue weighted by Crippen LogP contribution is -2.17. The van der Waals surface area contributed by atoms with Gasteiger partial charge < -0.3 is 15.4 Å². The third-order valence-electron chi connectivity index (χ3n) is 6.18. The summed E-state index contributed by atoms with van der Waals surface area (Å²) in [6.07, 6.45) is 12.3. The summed E-state index contributed by atoms with van der Waals surface area (Å²) in [6.45, 7) is 7.89. The zero-order valence-corrected chi connectivity index (χ0v) is 19.7. The van der Waals surface area contributed by atoms with Crippen LogP contribution in [0.15, 0.2) is 72.5 Å². The first-order valence-electron chi connectivity index (χ1n) is 11.3. The first kappa shape index (κ1) is 23.7. The van der Waals surface area contributed by atoms with Crippen LogP contribution >= 0.6 is 0 Å². The van der Waals surface area contributed by atoms with Crippen molar-refractivity contribution in [2.75, 3.05) is 5.32 Å². The van der Waals surface area contributed by atoms with Gasteiger partial charge in [0.15, 0.2) is 11.6 Å². The van der Waals surface area contributed by atoms with Gasteiger partial charge in [-0.15, -0.1) is 0 Å². The van der Waals surface area contributed by atoms with Gasteiger partial charge in [0, 0.05) is 22.4 Å². The maximum absolute atomic E-state index is 12.8. The lowest BCUT2D eigenvalue weighted by molar-refractivity contribution is -0.110. The van der Waals surface area contributed by atoms with Crippen LogP contribution in [0.2, 0.25) is 0 Å². The molecule has 0 spiro atoms. The van der Waals surface area contributed by atoms with Crippen molar-refractivity contribution < 1.29 is 14.7 Å². The number of carbonyl (C=O) groups excluding carboxylic acids is 2. The summed E-state index contributed by atoms with van der Waals surface area (Å²) in [6, 6.07) is 7.28. The van der Waals surface area contributed by atoms with Crippen molar-refractivity contribution in [3.8, 4) is 6.07 Å². The Hall–Kier alpha value is -4.44. The molecule has 0 aliphatic heterocycles. The Kier molecular flexibility index (Phi) is 6.39. The van der Waals surface area contributed by atoms with Crippen LogP contribution in [0.4, 0.5) is 5.69 Å². The molecule has 3 N–H and O–H groups in total. The number of ketones is 1. The highest BCUT2D eigenvalue weighted by molar-refractivity contribution is 6.03. The predicted molar refractivity (Wildman–Crippen MR) is 135 cm³/mol. The summed E-state index contributed by atoms with van der Waals surface area (Å²) in [4.78, 5) is 30.9. The maximum Gasteiger partial charge on any atom is 0.291 e. The number of allylic oxidation sites excluding steroid dienone is 8. The van der Waals surface area contributed by atoms with E-state index in [2.05, 4.69) is 41.8 Å². The van der Waals surface area contributed by atoms with E-state index >= 15 is 0 Å². The Morgan fingerprint density at radius 2 is 2.14 bits per heavy atom. The van der Waals surface area contributed by atoms with E-state index in [1.54, 1.807) is 24.3 Å². The van der Waals surface area contributed by atoms with Crippen LogP contribution in [0.5, 0.6) is 0 Å². The number of benzene rings is 1. The van der Waals surface area contributed by atoms with Gasteiger partial charge in [-0.3, -0.25) is 9.59 Å². The molecule has 2 aromatic rings. The highest BCUT2D eigenvalue weighted by atomic mass is 16.3. The van der Waals surface area contributed by atoms with E-state index in [0.29, 0.717) is 16.8 Å². The Balaban J connectivity index is 1.65. The Morgan fingerprint density at radius 3 is 2.80 bits per heavy atom. The number of imidazole rings is 1. The van der Waals surface area contributed by atoms with Crippen LogP contribution < -0.4 is 5.32 Å². The molecule has 0 bridgehead atoms. The van der Waals surface area contributed by atoms with E-state index in [9.17, 15) is 14.7 Å². The third kappa shape index (κ3) is 5.39. The summed E-state index contributed by atoms with van der Waals surface area (Å²) >= 11 is 0. The number of anilines is 1. The maximum atomic E-state index is 12.8. The Bertz CT molecular complexity index is 1390. The molecule has 1 heterocycles. The normalized spacial score (nSPS) is 17.7. The monoisotopic (exact) mass is 466 g/mol. The first-order chi connectivity index (χ1) is 16.7. The Labute approximate surface area is 203 Å². The number of H-pyrrole nitrogens is 1. The molecule has 176 valence electrons. The smallest absolute Gasteiger partial charge is 0.291 e. The van der Waals surface area contributed by atoms with Crippen LogP contribution in [0.3, 0.4) is 0 Å². The van der Waals surface area contributed by atoms with Gasteiger partial charge in [0.05, 0.1) is 6.20 Å². The van der Waals surface area contributed by atoms with Crippen LogP contribution in [0, 0.1) is 16.7 Å². The van der Waals surface area contributed by atoms with Gasteiger partial charge >= 0.3 is 0 Å². The predicted octanol–water partition coefficient (Wildman–Crippen LogP) is 5.65. The average molecular weight is 467 g/mol. The number of nitrogens with one attached hydrogen (secondary N) is 2. The fourth-order valence-electron chi connectivity index (χ4n) is 3.92. The topological polar surface area (TPSA) is 119 Å². The number of aromatic nitrogens is 2. The zero-order valence-electron chi connectivity index (χ0n) is 19.7. The number of aliphatic hydroxyl groups excluding tert-OH is 1. The summed E-state index contributed by atoms with van der Waals surface area (Å²) in [5, 5.41) is 22.8. The van der Waals surface area contributed by atoms with E-state index < -0.39 is 5.91 Å². The number of nitrogens with zero attached hydrogens (tertiary/aromatic N) is 2. The van der Waals surface area contributed by atoms with Crippen LogP contribution in [-0.2, 0) is 4.79 Å². The number of carbonyl (C=O) groups is 2. The second-order valence-corrected chi connectivity index (χ2v) is 9.37. The number of hydrogen-bond donors (Lipinski definition) is 3. The van der Waals surface area contributed by atoms with Crippen molar-refractivity contribution in [2.45, 2.75) is 33.1 Å². The number of aromatic amines is 1. The quantitative estimate of drug-likeness (QED) is 0.360. The van der Waals surface area contributed by atoms with Gasteiger partial charge in [-0.05, 0) is 72.3 Å². The number of rotatable bonds is 7. The van der Waals surface area contributed by atoms with E-state index in [0.717, 1.165) is 36.0 Å². The second kappa shape index (κ2) is 9.43. The standard InChI is InChI=1S/C28H26N4O3/c1-4-21(33)7-5-18-13-23(18)25(34)19-6-8-24(32-27(35)26-30-16-20(15-29)31-26)22(14-19)17-9-11-28(2,3)12-10-17/h4-9,13-14,16,34H,1,10-12H2,2-3H3,(H,30,31)(H,32,35)/b7-5-,25-23-. The molecular formula is C28H26N4O3. The molecule has 2 aliphatic carbocycles. The SMILES string of the molecule is C=CC(=O)/C=C\C1=CC/1=C(/O)c1ccc(NC(=O)c2ncc(C#N)[nH]2)c(C2=CCC(C)(C)CC2)c1. The van der Waals surface area contributed by atoms with E-state index in [4.69, 9.17) is 5.26 Å². The molecule has 1 aromatic carbocycles. The van der Waals surface area contributed by atoms with Crippen molar-refractivity contribution in [3.63, 3.8) is 0 Å². The van der Waals surface area contributed by atoms with Crippen LogP contribution in [0.25, 0.3) is 11.3 Å². The van der Waals surface area contributed by atoms with E-state index in [1.807, 2.05) is 12.1 Å². The van der Waals surface area contributed by atoms with Crippen molar-refractivity contribution in [1.29, 1.82) is 5.26 Å². The minimum Gasteiger partial charge on any atom is -0.507 e. The third-order valence-corrected chi connectivity index (χ3v) is 6.18. The Morgan fingerprint density at radius 1 is 1.34 bits per heavy atom. The van der Waals surface area contributed by atoms with Crippen LogP contribution in [-0.4, -0.2) is 26.8 Å². The van der Waals surface area contributed by atoms with Gasteiger partial charge in [-0.25, -0.2) is 4.98 Å². The lowest BCUT2D eigenvalue weighted by Gasteiger charge is -2.29.